The molecule has 0 amide bonds. The van der Waals surface area contributed by atoms with Gasteiger partial charge in [-0.25, -0.2) is 0 Å². The first-order valence-electron chi connectivity index (χ1n) is 11.1. The second-order valence-corrected chi connectivity index (χ2v) is 8.57. The van der Waals surface area contributed by atoms with Crippen LogP contribution in [0.25, 0.3) is 0 Å². The average molecular weight is 535 g/mol. The number of piperazine rings is 2. The summed E-state index contributed by atoms with van der Waals surface area (Å²) in [5.74, 6) is 1.10. The van der Waals surface area contributed by atoms with Gasteiger partial charge in [-0.3, -0.25) is 4.99 Å². The molecule has 2 aliphatic heterocycles. The van der Waals surface area contributed by atoms with Crippen molar-refractivity contribution in [2.45, 2.75) is 26.7 Å². The Morgan fingerprint density at radius 3 is 2.34 bits per heavy atom. The number of unbranched alkanes of at least 4 members (excludes halogenated alkanes) is 1. The van der Waals surface area contributed by atoms with Crippen LogP contribution < -0.4 is 10.2 Å². The summed E-state index contributed by atoms with van der Waals surface area (Å²) in [6.07, 6.45) is 2.43. The van der Waals surface area contributed by atoms with E-state index in [1.807, 2.05) is 11.3 Å². The minimum absolute atomic E-state index is 0. The van der Waals surface area contributed by atoms with Gasteiger partial charge in [0, 0.05) is 65.4 Å². The fourth-order valence-corrected chi connectivity index (χ4v) is 4.76. The quantitative estimate of drug-likeness (QED) is 0.240. The Bertz CT molecular complexity index is 566. The highest BCUT2D eigenvalue weighted by Gasteiger charge is 2.20. The van der Waals surface area contributed by atoms with Crippen molar-refractivity contribution < 1.29 is 0 Å². The largest absolute Gasteiger partial charge is 0.360 e. The summed E-state index contributed by atoms with van der Waals surface area (Å²) in [5.41, 5.74) is 0. The molecule has 6 nitrogen and oxygen atoms in total. The molecule has 166 valence electrons. The van der Waals surface area contributed by atoms with Crippen molar-refractivity contribution in [3.8, 4) is 0 Å². The molecule has 1 aromatic rings. The number of hydrogen-bond donors (Lipinski definition) is 1. The maximum atomic E-state index is 4.92. The Hall–Kier alpha value is -0.580. The SMILES string of the molecule is CCNC(=NCCCCN1CCN(CC)CC1)N1CCN(c2cccs2)CC1.I. The lowest BCUT2D eigenvalue weighted by atomic mass is 10.2. The fraction of sp³-hybridized carbons (Fsp3) is 0.762. The highest BCUT2D eigenvalue weighted by atomic mass is 127. The molecular weight excluding hydrogens is 495 g/mol. The number of likely N-dealkylation sites (N-methyl/N-ethyl adjacent to an activating group) is 1. The normalized spacial score (nSPS) is 19.3. The molecule has 0 spiro atoms. The average Bonchev–Trinajstić information content (AvgIpc) is 3.28. The van der Waals surface area contributed by atoms with Crippen LogP contribution in [0.5, 0.6) is 0 Å². The van der Waals surface area contributed by atoms with Gasteiger partial charge in [0.25, 0.3) is 0 Å². The minimum atomic E-state index is 0. The van der Waals surface area contributed by atoms with Crippen LogP contribution >= 0.6 is 35.3 Å². The zero-order valence-corrected chi connectivity index (χ0v) is 21.3. The number of guanidine groups is 1. The van der Waals surface area contributed by atoms with E-state index in [0.29, 0.717) is 0 Å². The van der Waals surface area contributed by atoms with E-state index in [-0.39, 0.29) is 24.0 Å². The molecule has 3 heterocycles. The van der Waals surface area contributed by atoms with Crippen molar-refractivity contribution >= 4 is 46.3 Å². The van der Waals surface area contributed by atoms with E-state index >= 15 is 0 Å². The molecular formula is C21H39IN6S. The number of rotatable bonds is 8. The lowest BCUT2D eigenvalue weighted by Crippen LogP contribution is -2.52. The Labute approximate surface area is 198 Å². The first-order chi connectivity index (χ1) is 13.8. The topological polar surface area (TPSA) is 37.4 Å². The van der Waals surface area contributed by atoms with E-state index < -0.39 is 0 Å². The monoisotopic (exact) mass is 534 g/mol. The summed E-state index contributed by atoms with van der Waals surface area (Å²) in [5, 5.41) is 7.05. The summed E-state index contributed by atoms with van der Waals surface area (Å²) in [6.45, 7) is 17.9. The third-order valence-electron chi connectivity index (χ3n) is 5.79. The Kier molecular flexibility index (Phi) is 11.6. The summed E-state index contributed by atoms with van der Waals surface area (Å²) in [7, 11) is 0. The van der Waals surface area contributed by atoms with Crippen LogP contribution in [0.3, 0.4) is 0 Å². The number of halogens is 1. The van der Waals surface area contributed by atoms with Gasteiger partial charge in [-0.1, -0.05) is 6.92 Å². The summed E-state index contributed by atoms with van der Waals surface area (Å²) >= 11 is 1.84. The number of nitrogens with one attached hydrogen (secondary N) is 1. The van der Waals surface area contributed by atoms with Gasteiger partial charge in [0.2, 0.25) is 0 Å². The third-order valence-corrected chi connectivity index (χ3v) is 6.72. The van der Waals surface area contributed by atoms with Gasteiger partial charge in [0.05, 0.1) is 5.00 Å². The van der Waals surface area contributed by atoms with E-state index in [1.165, 1.54) is 57.1 Å². The molecule has 3 rings (SSSR count). The van der Waals surface area contributed by atoms with Crippen molar-refractivity contribution in [3.63, 3.8) is 0 Å². The summed E-state index contributed by atoms with van der Waals surface area (Å²) in [4.78, 5) is 15.0. The van der Waals surface area contributed by atoms with Crippen LogP contribution in [0.1, 0.15) is 26.7 Å². The van der Waals surface area contributed by atoms with Gasteiger partial charge in [0.15, 0.2) is 5.96 Å². The standard InChI is InChI=1S/C21H38N6S.HI/c1-3-22-21(27-17-15-26(16-18-27)20-8-7-19-28-20)23-9-5-6-10-25-13-11-24(4-2)12-14-25;/h7-8,19H,3-6,9-18H2,1-2H3,(H,22,23);1H. The van der Waals surface area contributed by atoms with Crippen LogP contribution in [0.15, 0.2) is 22.5 Å². The highest BCUT2D eigenvalue weighted by Crippen LogP contribution is 2.22. The number of aliphatic imine (C=N–C) groups is 1. The maximum Gasteiger partial charge on any atom is 0.194 e. The van der Waals surface area contributed by atoms with Crippen molar-refractivity contribution in [3.05, 3.63) is 17.5 Å². The van der Waals surface area contributed by atoms with E-state index in [1.54, 1.807) is 0 Å². The predicted octanol–water partition coefficient (Wildman–Crippen LogP) is 2.87. The zero-order valence-electron chi connectivity index (χ0n) is 18.2. The van der Waals surface area contributed by atoms with E-state index in [4.69, 9.17) is 4.99 Å². The molecule has 29 heavy (non-hydrogen) atoms. The first kappa shape index (κ1) is 24.7. The second kappa shape index (κ2) is 13.7. The molecule has 0 unspecified atom stereocenters. The maximum absolute atomic E-state index is 4.92. The molecule has 0 aliphatic carbocycles. The van der Waals surface area contributed by atoms with Gasteiger partial charge in [0.1, 0.15) is 0 Å². The molecule has 0 atom stereocenters. The number of thiophene rings is 1. The molecule has 2 saturated heterocycles. The summed E-state index contributed by atoms with van der Waals surface area (Å²) < 4.78 is 0. The molecule has 0 radical (unpaired) electrons. The summed E-state index contributed by atoms with van der Waals surface area (Å²) in [6, 6.07) is 4.36. The Morgan fingerprint density at radius 2 is 1.72 bits per heavy atom. The fourth-order valence-electron chi connectivity index (χ4n) is 3.98. The third kappa shape index (κ3) is 7.88. The molecule has 1 N–H and O–H groups in total. The molecule has 0 aromatic carbocycles. The van der Waals surface area contributed by atoms with Crippen LogP contribution in [-0.2, 0) is 0 Å². The van der Waals surface area contributed by atoms with Crippen molar-refractivity contribution in [1.29, 1.82) is 0 Å². The predicted molar refractivity (Wildman–Crippen MR) is 137 cm³/mol. The van der Waals surface area contributed by atoms with Gasteiger partial charge in [-0.2, -0.15) is 0 Å². The van der Waals surface area contributed by atoms with Crippen molar-refractivity contribution in [2.24, 2.45) is 4.99 Å². The van der Waals surface area contributed by atoms with Gasteiger partial charge in [-0.15, -0.1) is 35.3 Å². The van der Waals surface area contributed by atoms with Crippen LogP contribution in [0, 0.1) is 0 Å². The highest BCUT2D eigenvalue weighted by molar-refractivity contribution is 14.0. The molecule has 8 heteroatoms. The molecule has 2 fully saturated rings. The van der Waals surface area contributed by atoms with Gasteiger partial charge >= 0.3 is 0 Å². The number of nitrogens with zero attached hydrogens (tertiary/aromatic N) is 5. The molecule has 0 bridgehead atoms. The van der Waals surface area contributed by atoms with Gasteiger partial charge < -0.3 is 24.9 Å². The lowest BCUT2D eigenvalue weighted by Gasteiger charge is -2.37. The minimum Gasteiger partial charge on any atom is -0.360 e. The lowest BCUT2D eigenvalue weighted by molar-refractivity contribution is 0.136. The van der Waals surface area contributed by atoms with E-state index in [0.717, 1.165) is 45.2 Å². The van der Waals surface area contributed by atoms with E-state index in [9.17, 15) is 0 Å². The first-order valence-corrected chi connectivity index (χ1v) is 11.9. The molecule has 1 aromatic heterocycles. The van der Waals surface area contributed by atoms with Gasteiger partial charge in [-0.05, 0) is 50.4 Å². The van der Waals surface area contributed by atoms with E-state index in [2.05, 4.69) is 56.3 Å². The Morgan fingerprint density at radius 1 is 1.00 bits per heavy atom. The Balaban J connectivity index is 0.00000300. The zero-order chi connectivity index (χ0) is 19.6. The molecule has 2 aliphatic rings. The number of anilines is 1. The van der Waals surface area contributed by atoms with Crippen molar-refractivity contribution in [2.75, 3.05) is 83.4 Å². The molecule has 0 saturated carbocycles. The van der Waals surface area contributed by atoms with Crippen LogP contribution in [-0.4, -0.2) is 99.2 Å². The van der Waals surface area contributed by atoms with Crippen LogP contribution in [0.4, 0.5) is 5.00 Å². The second-order valence-electron chi connectivity index (χ2n) is 7.64. The number of hydrogen-bond acceptors (Lipinski definition) is 5. The van der Waals surface area contributed by atoms with Crippen molar-refractivity contribution in [1.82, 2.24) is 20.0 Å². The van der Waals surface area contributed by atoms with Crippen LogP contribution in [0.2, 0.25) is 0 Å². The smallest absolute Gasteiger partial charge is 0.194 e.